The van der Waals surface area contributed by atoms with Crippen LogP contribution < -0.4 is 5.73 Å². The standard InChI is InChI=1S/C9H17NO2S/c1-2-7(10)5-13-8(9(11)12)6-3-4-6/h6-8H,2-5,10H2,1H3,(H,11,12). The van der Waals surface area contributed by atoms with E-state index < -0.39 is 5.97 Å². The molecule has 3 nitrogen and oxygen atoms in total. The van der Waals surface area contributed by atoms with Crippen LogP contribution in [0.3, 0.4) is 0 Å². The molecule has 0 amide bonds. The summed E-state index contributed by atoms with van der Waals surface area (Å²) in [4.78, 5) is 10.8. The summed E-state index contributed by atoms with van der Waals surface area (Å²) in [6, 6.07) is 0.144. The minimum Gasteiger partial charge on any atom is -0.480 e. The van der Waals surface area contributed by atoms with Crippen LogP contribution in [0.1, 0.15) is 26.2 Å². The van der Waals surface area contributed by atoms with Crippen LogP contribution in [0.25, 0.3) is 0 Å². The molecule has 1 aliphatic carbocycles. The molecule has 1 fully saturated rings. The lowest BCUT2D eigenvalue weighted by Crippen LogP contribution is -2.26. The first-order chi connectivity index (χ1) is 6.15. The van der Waals surface area contributed by atoms with Crippen LogP contribution in [-0.2, 0) is 4.79 Å². The highest BCUT2D eigenvalue weighted by atomic mass is 32.2. The van der Waals surface area contributed by atoms with Gasteiger partial charge in [-0.3, -0.25) is 4.79 Å². The third kappa shape index (κ3) is 3.56. The number of hydrogen-bond donors (Lipinski definition) is 2. The molecule has 2 atom stereocenters. The van der Waals surface area contributed by atoms with Crippen molar-refractivity contribution in [2.45, 2.75) is 37.5 Å². The predicted octanol–water partition coefficient (Wildman–Crippen LogP) is 1.32. The van der Waals surface area contributed by atoms with E-state index in [-0.39, 0.29) is 11.3 Å². The van der Waals surface area contributed by atoms with Gasteiger partial charge in [0.15, 0.2) is 0 Å². The van der Waals surface area contributed by atoms with Crippen molar-refractivity contribution < 1.29 is 9.90 Å². The predicted molar refractivity (Wildman–Crippen MR) is 54.9 cm³/mol. The van der Waals surface area contributed by atoms with Gasteiger partial charge in [-0.15, -0.1) is 11.8 Å². The minimum atomic E-state index is -0.671. The Labute approximate surface area is 83.1 Å². The van der Waals surface area contributed by atoms with Crippen LogP contribution in [-0.4, -0.2) is 28.1 Å². The molecule has 0 spiro atoms. The summed E-state index contributed by atoms with van der Waals surface area (Å²) in [6.07, 6.45) is 3.07. The number of rotatable bonds is 6. The lowest BCUT2D eigenvalue weighted by Gasteiger charge is -2.13. The molecule has 0 aliphatic heterocycles. The first-order valence-electron chi connectivity index (χ1n) is 4.75. The fraction of sp³-hybridized carbons (Fsp3) is 0.889. The van der Waals surface area contributed by atoms with Gasteiger partial charge in [0.2, 0.25) is 0 Å². The van der Waals surface area contributed by atoms with Crippen LogP contribution in [0.5, 0.6) is 0 Å². The quantitative estimate of drug-likeness (QED) is 0.683. The van der Waals surface area contributed by atoms with Crippen molar-refractivity contribution >= 4 is 17.7 Å². The molecular weight excluding hydrogens is 186 g/mol. The number of thioether (sulfide) groups is 1. The summed E-state index contributed by atoms with van der Waals surface area (Å²) >= 11 is 1.51. The van der Waals surface area contributed by atoms with E-state index in [1.165, 1.54) is 11.8 Å². The smallest absolute Gasteiger partial charge is 0.316 e. The molecule has 76 valence electrons. The Morgan fingerprint density at radius 2 is 2.31 bits per heavy atom. The highest BCUT2D eigenvalue weighted by molar-refractivity contribution is 8.00. The van der Waals surface area contributed by atoms with Crippen LogP contribution in [0.2, 0.25) is 0 Å². The first-order valence-corrected chi connectivity index (χ1v) is 5.80. The molecule has 0 aromatic rings. The second kappa shape index (κ2) is 4.86. The molecule has 0 saturated heterocycles. The Hall–Kier alpha value is -0.220. The number of carboxylic acid groups (broad SMARTS) is 1. The van der Waals surface area contributed by atoms with Gasteiger partial charge in [0.05, 0.1) is 0 Å². The van der Waals surface area contributed by atoms with Crippen LogP contribution in [0.4, 0.5) is 0 Å². The minimum absolute atomic E-state index is 0.144. The molecule has 2 unspecified atom stereocenters. The van der Waals surface area contributed by atoms with E-state index in [0.717, 1.165) is 25.0 Å². The monoisotopic (exact) mass is 203 g/mol. The first kappa shape index (κ1) is 10.9. The second-order valence-electron chi connectivity index (χ2n) is 3.60. The van der Waals surface area contributed by atoms with E-state index in [4.69, 9.17) is 10.8 Å². The molecular formula is C9H17NO2S. The number of carbonyl (C=O) groups is 1. The zero-order valence-electron chi connectivity index (χ0n) is 7.90. The van der Waals surface area contributed by atoms with Crippen LogP contribution in [0, 0.1) is 5.92 Å². The van der Waals surface area contributed by atoms with Gasteiger partial charge in [0.1, 0.15) is 5.25 Å². The van der Waals surface area contributed by atoms with Gasteiger partial charge in [-0.2, -0.15) is 0 Å². The highest BCUT2D eigenvalue weighted by Crippen LogP contribution is 2.39. The number of hydrogen-bond acceptors (Lipinski definition) is 3. The second-order valence-corrected chi connectivity index (χ2v) is 4.77. The largest absolute Gasteiger partial charge is 0.480 e. The number of aliphatic carboxylic acids is 1. The zero-order valence-corrected chi connectivity index (χ0v) is 8.72. The Kier molecular flexibility index (Phi) is 4.06. The summed E-state index contributed by atoms with van der Waals surface area (Å²) in [5.74, 6) is 0.506. The summed E-state index contributed by atoms with van der Waals surface area (Å²) in [5.41, 5.74) is 5.73. The summed E-state index contributed by atoms with van der Waals surface area (Å²) in [7, 11) is 0. The van der Waals surface area contributed by atoms with Gasteiger partial charge in [0, 0.05) is 11.8 Å². The molecule has 4 heteroatoms. The average Bonchev–Trinajstić information content (AvgIpc) is 2.87. The molecule has 0 aromatic heterocycles. The Morgan fingerprint density at radius 1 is 1.69 bits per heavy atom. The third-order valence-electron chi connectivity index (χ3n) is 2.31. The molecule has 0 aromatic carbocycles. The molecule has 3 N–H and O–H groups in total. The topological polar surface area (TPSA) is 63.3 Å². The number of carboxylic acids is 1. The fourth-order valence-corrected chi connectivity index (χ4v) is 2.53. The van der Waals surface area contributed by atoms with Gasteiger partial charge >= 0.3 is 5.97 Å². The molecule has 0 radical (unpaired) electrons. The highest BCUT2D eigenvalue weighted by Gasteiger charge is 2.36. The molecule has 0 bridgehead atoms. The molecule has 0 heterocycles. The fourth-order valence-electron chi connectivity index (χ4n) is 1.15. The Bertz CT molecular complexity index is 182. The van der Waals surface area contributed by atoms with Gasteiger partial charge in [0.25, 0.3) is 0 Å². The van der Waals surface area contributed by atoms with E-state index in [2.05, 4.69) is 0 Å². The van der Waals surface area contributed by atoms with Crippen molar-refractivity contribution in [3.05, 3.63) is 0 Å². The van der Waals surface area contributed by atoms with Crippen LogP contribution >= 0.6 is 11.8 Å². The van der Waals surface area contributed by atoms with Gasteiger partial charge in [-0.1, -0.05) is 6.92 Å². The number of nitrogens with two attached hydrogens (primary N) is 1. The van der Waals surface area contributed by atoms with E-state index in [1.54, 1.807) is 0 Å². The normalized spacial score (nSPS) is 21.1. The molecule has 1 rings (SSSR count). The van der Waals surface area contributed by atoms with Crippen molar-refractivity contribution in [3.63, 3.8) is 0 Å². The van der Waals surface area contributed by atoms with Crippen molar-refractivity contribution in [2.24, 2.45) is 11.7 Å². The van der Waals surface area contributed by atoms with E-state index >= 15 is 0 Å². The maximum atomic E-state index is 10.8. The lowest BCUT2D eigenvalue weighted by molar-refractivity contribution is -0.136. The van der Waals surface area contributed by atoms with E-state index in [0.29, 0.717) is 5.92 Å². The molecule has 1 saturated carbocycles. The van der Waals surface area contributed by atoms with E-state index in [9.17, 15) is 4.79 Å². The Balaban J connectivity index is 2.26. The summed E-state index contributed by atoms with van der Waals surface area (Å²) < 4.78 is 0. The van der Waals surface area contributed by atoms with Crippen molar-refractivity contribution in [2.75, 3.05) is 5.75 Å². The molecule has 1 aliphatic rings. The van der Waals surface area contributed by atoms with E-state index in [1.807, 2.05) is 6.92 Å². The van der Waals surface area contributed by atoms with Crippen molar-refractivity contribution in [3.8, 4) is 0 Å². The average molecular weight is 203 g/mol. The zero-order chi connectivity index (χ0) is 9.84. The maximum absolute atomic E-state index is 10.8. The van der Waals surface area contributed by atoms with Crippen LogP contribution in [0.15, 0.2) is 0 Å². The summed E-state index contributed by atoms with van der Waals surface area (Å²) in [5, 5.41) is 8.70. The van der Waals surface area contributed by atoms with Gasteiger partial charge < -0.3 is 10.8 Å². The molecule has 13 heavy (non-hydrogen) atoms. The third-order valence-corrected chi connectivity index (χ3v) is 3.87. The van der Waals surface area contributed by atoms with Gasteiger partial charge in [-0.25, -0.2) is 0 Å². The van der Waals surface area contributed by atoms with Crippen molar-refractivity contribution in [1.82, 2.24) is 0 Å². The van der Waals surface area contributed by atoms with Gasteiger partial charge in [-0.05, 0) is 25.2 Å². The SMILES string of the molecule is CCC(N)CSC(C(=O)O)C1CC1. The Morgan fingerprint density at radius 3 is 2.69 bits per heavy atom. The van der Waals surface area contributed by atoms with Crippen molar-refractivity contribution in [1.29, 1.82) is 0 Å². The summed E-state index contributed by atoms with van der Waals surface area (Å²) in [6.45, 7) is 2.03. The maximum Gasteiger partial charge on any atom is 0.316 e. The lowest BCUT2D eigenvalue weighted by atomic mass is 10.3.